The Bertz CT molecular complexity index is 626. The molecule has 0 aromatic heterocycles. The molecule has 1 heterocycles. The third-order valence-corrected chi connectivity index (χ3v) is 4.34. The first-order valence-corrected chi connectivity index (χ1v) is 9.47. The fourth-order valence-corrected chi connectivity index (χ4v) is 2.80. The number of unbranched alkanes of at least 4 members (excludes halogenated alkanes) is 3. The number of hydrogen-bond donors (Lipinski definition) is 1. The fourth-order valence-electron chi connectivity index (χ4n) is 2.80. The molecule has 0 radical (unpaired) electrons. The molecule has 0 spiro atoms. The van der Waals surface area contributed by atoms with Gasteiger partial charge in [-0.1, -0.05) is 38.3 Å². The minimum absolute atomic E-state index is 0.0626. The predicted octanol–water partition coefficient (Wildman–Crippen LogP) is 3.85. The van der Waals surface area contributed by atoms with Crippen molar-refractivity contribution in [3.8, 4) is 11.8 Å². The van der Waals surface area contributed by atoms with Crippen molar-refractivity contribution in [2.75, 3.05) is 19.8 Å². The molecule has 0 aliphatic carbocycles. The highest BCUT2D eigenvalue weighted by atomic mass is 16.5. The molecule has 140 valence electrons. The Kier molecular flexibility index (Phi) is 8.71. The molecule has 0 saturated carbocycles. The van der Waals surface area contributed by atoms with Crippen LogP contribution in [0.1, 0.15) is 51.0 Å². The predicted molar refractivity (Wildman–Crippen MR) is 102 cm³/mol. The van der Waals surface area contributed by atoms with Crippen LogP contribution >= 0.6 is 0 Å². The highest BCUT2D eigenvalue weighted by molar-refractivity contribution is 6.01. The first kappa shape index (κ1) is 20.0. The van der Waals surface area contributed by atoms with Gasteiger partial charge in [-0.25, -0.2) is 0 Å². The molecule has 1 unspecified atom stereocenters. The molecule has 1 aliphatic rings. The summed E-state index contributed by atoms with van der Waals surface area (Å²) in [7, 11) is 0. The van der Waals surface area contributed by atoms with Crippen molar-refractivity contribution in [2.24, 2.45) is 0 Å². The van der Waals surface area contributed by atoms with Crippen LogP contribution in [0.5, 0.6) is 5.75 Å². The van der Waals surface area contributed by atoms with E-state index >= 15 is 0 Å². The van der Waals surface area contributed by atoms with Gasteiger partial charge in [-0.2, -0.15) is 5.26 Å². The summed E-state index contributed by atoms with van der Waals surface area (Å²) in [5.74, 6) is 0.444. The van der Waals surface area contributed by atoms with Gasteiger partial charge < -0.3 is 14.8 Å². The zero-order chi connectivity index (χ0) is 18.6. The second-order valence-corrected chi connectivity index (χ2v) is 6.49. The van der Waals surface area contributed by atoms with E-state index in [1.807, 2.05) is 30.3 Å². The van der Waals surface area contributed by atoms with E-state index < -0.39 is 0 Å². The highest BCUT2D eigenvalue weighted by Gasteiger charge is 2.17. The Morgan fingerprint density at radius 3 is 2.81 bits per heavy atom. The summed E-state index contributed by atoms with van der Waals surface area (Å²) >= 11 is 0. The molecule has 1 saturated heterocycles. The van der Waals surface area contributed by atoms with E-state index in [4.69, 9.17) is 9.47 Å². The van der Waals surface area contributed by atoms with Crippen molar-refractivity contribution in [3.05, 3.63) is 35.4 Å². The standard InChI is InChI=1S/C21H28N2O3/c1-2-3-4-5-12-25-19-10-8-17(9-11-19)14-18(15-22)21(24)23-16-20-7-6-13-26-20/h8-11,14,20H,2-7,12-13,16H2,1H3,(H,23,24)/b18-14+. The van der Waals surface area contributed by atoms with Crippen molar-refractivity contribution in [2.45, 2.75) is 51.6 Å². The van der Waals surface area contributed by atoms with Crippen LogP contribution in [0.15, 0.2) is 29.8 Å². The maximum absolute atomic E-state index is 12.1. The summed E-state index contributed by atoms with van der Waals surface area (Å²) in [4.78, 5) is 12.1. The van der Waals surface area contributed by atoms with Crippen LogP contribution in [0.2, 0.25) is 0 Å². The molecule has 1 aromatic rings. The first-order chi connectivity index (χ1) is 12.7. The van der Waals surface area contributed by atoms with Gasteiger partial charge >= 0.3 is 0 Å². The number of ether oxygens (including phenoxy) is 2. The number of amides is 1. The summed E-state index contributed by atoms with van der Waals surface area (Å²) < 4.78 is 11.2. The molecule has 5 heteroatoms. The topological polar surface area (TPSA) is 71.3 Å². The minimum Gasteiger partial charge on any atom is -0.494 e. The maximum atomic E-state index is 12.1. The lowest BCUT2D eigenvalue weighted by atomic mass is 10.1. The lowest BCUT2D eigenvalue weighted by Gasteiger charge is -2.10. The van der Waals surface area contributed by atoms with Crippen LogP contribution in [0.3, 0.4) is 0 Å². The average molecular weight is 356 g/mol. The molecule has 2 rings (SSSR count). The van der Waals surface area contributed by atoms with Crippen LogP contribution in [0.4, 0.5) is 0 Å². The number of nitrogens with zero attached hydrogens (tertiary/aromatic N) is 1. The minimum atomic E-state index is -0.362. The van der Waals surface area contributed by atoms with Crippen molar-refractivity contribution >= 4 is 12.0 Å². The van der Waals surface area contributed by atoms with Crippen molar-refractivity contribution in [1.82, 2.24) is 5.32 Å². The summed E-state index contributed by atoms with van der Waals surface area (Å²) in [5, 5.41) is 12.0. The molecule has 1 atom stereocenters. The molecule has 1 aliphatic heterocycles. The third-order valence-electron chi connectivity index (χ3n) is 4.34. The van der Waals surface area contributed by atoms with E-state index in [0.717, 1.165) is 37.2 Å². The number of rotatable bonds is 10. The van der Waals surface area contributed by atoms with E-state index in [1.54, 1.807) is 6.08 Å². The maximum Gasteiger partial charge on any atom is 0.262 e. The summed E-state index contributed by atoms with van der Waals surface area (Å²) in [5.41, 5.74) is 0.892. The second-order valence-electron chi connectivity index (χ2n) is 6.49. The SMILES string of the molecule is CCCCCCOc1ccc(/C=C(\C#N)C(=O)NCC2CCCO2)cc1. The lowest BCUT2D eigenvalue weighted by molar-refractivity contribution is -0.117. The summed E-state index contributed by atoms with van der Waals surface area (Å²) in [6.07, 6.45) is 8.31. The Morgan fingerprint density at radius 1 is 1.35 bits per heavy atom. The monoisotopic (exact) mass is 356 g/mol. The average Bonchev–Trinajstić information content (AvgIpc) is 3.18. The number of carbonyl (C=O) groups is 1. The van der Waals surface area contributed by atoms with E-state index in [2.05, 4.69) is 12.2 Å². The Morgan fingerprint density at radius 2 is 2.15 bits per heavy atom. The third kappa shape index (κ3) is 6.89. The lowest BCUT2D eigenvalue weighted by Crippen LogP contribution is -2.32. The van der Waals surface area contributed by atoms with Gasteiger partial charge in [0, 0.05) is 13.2 Å². The fraction of sp³-hybridized carbons (Fsp3) is 0.524. The number of nitrogens with one attached hydrogen (secondary N) is 1. The zero-order valence-corrected chi connectivity index (χ0v) is 15.5. The molecule has 5 nitrogen and oxygen atoms in total. The van der Waals surface area contributed by atoms with Crippen molar-refractivity contribution < 1.29 is 14.3 Å². The van der Waals surface area contributed by atoms with Gasteiger partial charge in [0.25, 0.3) is 5.91 Å². The van der Waals surface area contributed by atoms with Crippen LogP contribution < -0.4 is 10.1 Å². The summed E-state index contributed by atoms with van der Waals surface area (Å²) in [6, 6.07) is 9.41. The molecule has 1 N–H and O–H groups in total. The van der Waals surface area contributed by atoms with E-state index in [0.29, 0.717) is 13.2 Å². The number of carbonyl (C=O) groups excluding carboxylic acids is 1. The highest BCUT2D eigenvalue weighted by Crippen LogP contribution is 2.16. The van der Waals surface area contributed by atoms with Crippen molar-refractivity contribution in [3.63, 3.8) is 0 Å². The van der Waals surface area contributed by atoms with E-state index in [9.17, 15) is 10.1 Å². The molecule has 1 amide bonds. The van der Waals surface area contributed by atoms with Gasteiger partial charge in [-0.05, 0) is 43.0 Å². The van der Waals surface area contributed by atoms with Gasteiger partial charge in [-0.15, -0.1) is 0 Å². The number of nitriles is 1. The van der Waals surface area contributed by atoms with Crippen LogP contribution in [0, 0.1) is 11.3 Å². The Hall–Kier alpha value is -2.32. The van der Waals surface area contributed by atoms with Gasteiger partial charge in [-0.3, -0.25) is 4.79 Å². The van der Waals surface area contributed by atoms with Gasteiger partial charge in [0.1, 0.15) is 17.4 Å². The van der Waals surface area contributed by atoms with Gasteiger partial charge in [0.15, 0.2) is 0 Å². The van der Waals surface area contributed by atoms with E-state index in [-0.39, 0.29) is 17.6 Å². The first-order valence-electron chi connectivity index (χ1n) is 9.47. The molecular formula is C21H28N2O3. The Labute approximate surface area is 156 Å². The van der Waals surface area contributed by atoms with Crippen LogP contribution in [-0.4, -0.2) is 31.8 Å². The second kappa shape index (κ2) is 11.3. The quantitative estimate of drug-likeness (QED) is 0.393. The van der Waals surface area contributed by atoms with Gasteiger partial charge in [0.2, 0.25) is 0 Å². The normalized spacial score (nSPS) is 16.9. The largest absolute Gasteiger partial charge is 0.494 e. The Balaban J connectivity index is 1.83. The summed E-state index contributed by atoms with van der Waals surface area (Å²) in [6.45, 7) is 4.09. The number of benzene rings is 1. The molecule has 1 aromatic carbocycles. The molecular weight excluding hydrogens is 328 g/mol. The molecule has 0 bridgehead atoms. The smallest absolute Gasteiger partial charge is 0.262 e. The molecule has 26 heavy (non-hydrogen) atoms. The van der Waals surface area contributed by atoms with E-state index in [1.165, 1.54) is 19.3 Å². The number of hydrogen-bond acceptors (Lipinski definition) is 4. The van der Waals surface area contributed by atoms with Crippen LogP contribution in [-0.2, 0) is 9.53 Å². The van der Waals surface area contributed by atoms with Crippen molar-refractivity contribution in [1.29, 1.82) is 5.26 Å². The van der Waals surface area contributed by atoms with Crippen LogP contribution in [0.25, 0.3) is 6.08 Å². The molecule has 1 fully saturated rings. The zero-order valence-electron chi connectivity index (χ0n) is 15.5. The van der Waals surface area contributed by atoms with Gasteiger partial charge in [0.05, 0.1) is 12.7 Å².